The third kappa shape index (κ3) is 6.45. The molecule has 3 rings (SSSR count). The van der Waals surface area contributed by atoms with Crippen LogP contribution in [0.3, 0.4) is 0 Å². The molecule has 1 unspecified atom stereocenters. The van der Waals surface area contributed by atoms with E-state index in [9.17, 15) is 22.8 Å². The van der Waals surface area contributed by atoms with Crippen LogP contribution in [0.1, 0.15) is 58.3 Å². The van der Waals surface area contributed by atoms with Crippen molar-refractivity contribution >= 4 is 27.4 Å². The van der Waals surface area contributed by atoms with E-state index in [0.29, 0.717) is 26.1 Å². The molecule has 2 fully saturated rings. The van der Waals surface area contributed by atoms with Crippen molar-refractivity contribution in [3.63, 3.8) is 0 Å². The van der Waals surface area contributed by atoms with Crippen molar-refractivity contribution < 1.29 is 13.2 Å². The van der Waals surface area contributed by atoms with Crippen LogP contribution in [0, 0.1) is 0 Å². The van der Waals surface area contributed by atoms with E-state index in [2.05, 4.69) is 9.71 Å². The predicted octanol–water partition coefficient (Wildman–Crippen LogP) is 0.208. The molecule has 33 heavy (non-hydrogen) atoms. The van der Waals surface area contributed by atoms with Crippen LogP contribution in [0.25, 0.3) is 0 Å². The first-order chi connectivity index (χ1) is 15.6. The maximum atomic E-state index is 13.6. The molecule has 11 nitrogen and oxygen atoms in total. The number of piperidine rings is 1. The van der Waals surface area contributed by atoms with Crippen molar-refractivity contribution in [2.24, 2.45) is 0 Å². The van der Waals surface area contributed by atoms with E-state index in [1.165, 1.54) is 9.47 Å². The molecule has 0 radical (unpaired) electrons. The Morgan fingerprint density at radius 1 is 1.21 bits per heavy atom. The molecular formula is C21H36N6O5S. The van der Waals surface area contributed by atoms with Gasteiger partial charge in [-0.2, -0.15) is 0 Å². The Morgan fingerprint density at radius 2 is 1.91 bits per heavy atom. The number of sulfonamides is 1. The Labute approximate surface area is 194 Å². The number of aromatic nitrogens is 2. The fourth-order valence-corrected chi connectivity index (χ4v) is 5.69. The van der Waals surface area contributed by atoms with E-state index in [1.807, 2.05) is 11.8 Å². The van der Waals surface area contributed by atoms with Crippen molar-refractivity contribution in [2.45, 2.75) is 76.9 Å². The summed E-state index contributed by atoms with van der Waals surface area (Å²) in [6, 6.07) is -0.418. The van der Waals surface area contributed by atoms with Gasteiger partial charge in [-0.25, -0.2) is 17.9 Å². The van der Waals surface area contributed by atoms with Crippen LogP contribution in [-0.4, -0.2) is 66.7 Å². The zero-order valence-corrected chi connectivity index (χ0v) is 20.3. The number of likely N-dealkylation sites (tertiary alicyclic amines) is 1. The third-order valence-corrected chi connectivity index (χ3v) is 7.16. The molecule has 186 valence electrons. The monoisotopic (exact) mass is 484 g/mol. The summed E-state index contributed by atoms with van der Waals surface area (Å²) in [7, 11) is -3.34. The van der Waals surface area contributed by atoms with E-state index >= 15 is 0 Å². The molecular weight excluding hydrogens is 448 g/mol. The molecule has 1 aliphatic heterocycles. The van der Waals surface area contributed by atoms with Crippen molar-refractivity contribution in [1.29, 1.82) is 0 Å². The summed E-state index contributed by atoms with van der Waals surface area (Å²) in [5.74, 6) is -0.243. The predicted molar refractivity (Wildman–Crippen MR) is 128 cm³/mol. The summed E-state index contributed by atoms with van der Waals surface area (Å²) in [6.45, 7) is 3.48. The number of nitrogen functional groups attached to an aromatic ring is 1. The lowest BCUT2D eigenvalue weighted by Crippen LogP contribution is -2.53. The quantitative estimate of drug-likeness (QED) is 0.453. The number of amides is 1. The number of carbonyl (C=O) groups excluding carboxylic acids is 1. The zero-order valence-electron chi connectivity index (χ0n) is 19.5. The molecule has 2 heterocycles. The first kappa shape index (κ1) is 25.4. The minimum Gasteiger partial charge on any atom is -0.383 e. The molecule has 4 N–H and O–H groups in total. The van der Waals surface area contributed by atoms with Gasteiger partial charge in [-0.1, -0.05) is 26.2 Å². The van der Waals surface area contributed by atoms with Gasteiger partial charge in [0.1, 0.15) is 5.82 Å². The number of rotatable bonds is 9. The van der Waals surface area contributed by atoms with Crippen LogP contribution in [-0.2, 0) is 21.4 Å². The lowest BCUT2D eigenvalue weighted by Gasteiger charge is -2.35. The first-order valence-electron chi connectivity index (χ1n) is 11.7. The van der Waals surface area contributed by atoms with Gasteiger partial charge in [0.2, 0.25) is 15.9 Å². The molecule has 1 aliphatic carbocycles. The number of hydrogen-bond acceptors (Lipinski definition) is 7. The fourth-order valence-electron chi connectivity index (χ4n) is 4.89. The second kappa shape index (κ2) is 10.8. The number of carbonyl (C=O) groups is 1. The molecule has 0 aromatic carbocycles. The second-order valence-corrected chi connectivity index (χ2v) is 10.9. The minimum absolute atomic E-state index is 0.0210. The number of H-pyrrole nitrogens is 1. The molecule has 2 aliphatic rings. The molecule has 0 spiro atoms. The summed E-state index contributed by atoms with van der Waals surface area (Å²) in [4.78, 5) is 44.5. The summed E-state index contributed by atoms with van der Waals surface area (Å²) < 4.78 is 27.2. The first-order valence-corrected chi connectivity index (χ1v) is 13.6. The number of aromatic amines is 1. The van der Waals surface area contributed by atoms with Crippen molar-refractivity contribution in [2.75, 3.05) is 36.5 Å². The van der Waals surface area contributed by atoms with Gasteiger partial charge in [-0.15, -0.1) is 0 Å². The molecule has 1 saturated heterocycles. The van der Waals surface area contributed by atoms with Crippen molar-refractivity contribution in [3.8, 4) is 0 Å². The Bertz CT molecular complexity index is 1060. The van der Waals surface area contributed by atoms with Crippen LogP contribution in [0.15, 0.2) is 9.59 Å². The largest absolute Gasteiger partial charge is 0.383 e. The molecule has 12 heteroatoms. The van der Waals surface area contributed by atoms with E-state index in [1.54, 1.807) is 0 Å². The summed E-state index contributed by atoms with van der Waals surface area (Å²) >= 11 is 0. The van der Waals surface area contributed by atoms with Crippen molar-refractivity contribution in [3.05, 3.63) is 20.8 Å². The number of hydrogen-bond donors (Lipinski definition) is 3. The van der Waals surface area contributed by atoms with Gasteiger partial charge in [-0.3, -0.25) is 24.0 Å². The van der Waals surface area contributed by atoms with Gasteiger partial charge in [0, 0.05) is 25.2 Å². The Hall–Kier alpha value is -2.18. The van der Waals surface area contributed by atoms with Gasteiger partial charge >= 0.3 is 5.69 Å². The summed E-state index contributed by atoms with van der Waals surface area (Å²) in [6.07, 6.45) is 7.58. The highest BCUT2D eigenvalue weighted by atomic mass is 32.2. The lowest BCUT2D eigenvalue weighted by atomic mass is 10.1. The third-order valence-electron chi connectivity index (χ3n) is 6.39. The van der Waals surface area contributed by atoms with Gasteiger partial charge < -0.3 is 10.6 Å². The smallest absolute Gasteiger partial charge is 0.330 e. The SMILES string of the molecule is CCCCn1c(N)c(N(C(=O)CN2CCCC(NS(C)(=O)=O)C2)C2CCCC2)c(=O)[nH]c1=O. The number of anilines is 2. The van der Waals surface area contributed by atoms with Gasteiger partial charge in [0.05, 0.1) is 12.8 Å². The Balaban J connectivity index is 1.89. The minimum atomic E-state index is -3.34. The Kier molecular flexibility index (Phi) is 8.35. The van der Waals surface area contributed by atoms with Gasteiger partial charge in [-0.05, 0) is 38.6 Å². The zero-order chi connectivity index (χ0) is 24.2. The maximum Gasteiger partial charge on any atom is 0.330 e. The van der Waals surface area contributed by atoms with E-state index in [-0.39, 0.29) is 36.0 Å². The number of unbranched alkanes of at least 4 members (excludes halogenated alkanes) is 1. The van der Waals surface area contributed by atoms with Crippen LogP contribution in [0.2, 0.25) is 0 Å². The van der Waals surface area contributed by atoms with Crippen LogP contribution < -0.4 is 26.6 Å². The van der Waals surface area contributed by atoms with Gasteiger partial charge in [0.15, 0.2) is 5.69 Å². The normalized spacial score (nSPS) is 20.2. The molecule has 0 bridgehead atoms. The van der Waals surface area contributed by atoms with Crippen molar-refractivity contribution in [1.82, 2.24) is 19.2 Å². The number of nitrogens with two attached hydrogens (primary N) is 1. The maximum absolute atomic E-state index is 13.6. The van der Waals surface area contributed by atoms with Gasteiger partial charge in [0.25, 0.3) is 5.56 Å². The molecule has 1 atom stereocenters. The molecule has 1 aromatic heterocycles. The van der Waals surface area contributed by atoms with E-state index < -0.39 is 21.3 Å². The highest BCUT2D eigenvalue weighted by Gasteiger charge is 2.34. The van der Waals surface area contributed by atoms with E-state index in [4.69, 9.17) is 5.73 Å². The average Bonchev–Trinajstić information content (AvgIpc) is 3.24. The van der Waals surface area contributed by atoms with Crippen LogP contribution in [0.4, 0.5) is 11.5 Å². The molecule has 1 saturated carbocycles. The standard InChI is InChI=1S/C21H36N6O5S/c1-3-4-12-26-19(22)18(20(29)23-21(26)30)27(16-9-5-6-10-16)17(28)14-25-11-7-8-15(13-25)24-33(2,31)32/h15-16,24H,3-14,22H2,1-2H3,(H,23,29,30). The van der Waals surface area contributed by atoms with E-state index in [0.717, 1.165) is 51.2 Å². The second-order valence-electron chi connectivity index (χ2n) is 9.16. The van der Waals surface area contributed by atoms with Crippen LogP contribution >= 0.6 is 0 Å². The molecule has 1 amide bonds. The summed E-state index contributed by atoms with van der Waals surface area (Å²) in [5.41, 5.74) is 5.14. The number of nitrogens with zero attached hydrogens (tertiary/aromatic N) is 3. The summed E-state index contributed by atoms with van der Waals surface area (Å²) in [5, 5.41) is 0. The molecule has 1 aromatic rings. The average molecular weight is 485 g/mol. The highest BCUT2D eigenvalue weighted by Crippen LogP contribution is 2.29. The fraction of sp³-hybridized carbons (Fsp3) is 0.762. The lowest BCUT2D eigenvalue weighted by molar-refractivity contribution is -0.120. The number of nitrogens with one attached hydrogen (secondary N) is 2. The topological polar surface area (TPSA) is 151 Å². The van der Waals surface area contributed by atoms with Crippen LogP contribution in [0.5, 0.6) is 0 Å². The highest BCUT2D eigenvalue weighted by molar-refractivity contribution is 7.88. The Morgan fingerprint density at radius 3 is 2.55 bits per heavy atom.